The summed E-state index contributed by atoms with van der Waals surface area (Å²) in [5, 5.41) is 9.53. The van der Waals surface area contributed by atoms with Crippen LogP contribution < -0.4 is 4.90 Å². The molecule has 25 heavy (non-hydrogen) atoms. The molecule has 0 radical (unpaired) electrons. The Morgan fingerprint density at radius 1 is 1.08 bits per heavy atom. The standard InChI is InChI=1S/C20H32FN3O/c1-20(2,16-25)15-22-9-3-4-19(14-22)24-12-10-23(11-13-24)18-7-5-17(21)6-8-18/h5-8,19,25H,3-4,9-16H2,1-2H3. The van der Waals surface area contributed by atoms with Crippen molar-refractivity contribution in [3.63, 3.8) is 0 Å². The van der Waals surface area contributed by atoms with Gasteiger partial charge in [0.25, 0.3) is 0 Å². The number of aliphatic hydroxyl groups excluding tert-OH is 1. The first-order valence-corrected chi connectivity index (χ1v) is 9.55. The van der Waals surface area contributed by atoms with E-state index in [9.17, 15) is 9.50 Å². The molecule has 2 aliphatic rings. The molecule has 1 aromatic carbocycles. The number of piperazine rings is 1. The Bertz CT molecular complexity index is 540. The first-order chi connectivity index (χ1) is 12.0. The molecule has 5 heteroatoms. The van der Waals surface area contributed by atoms with Crippen LogP contribution in [0.2, 0.25) is 0 Å². The van der Waals surface area contributed by atoms with Gasteiger partial charge >= 0.3 is 0 Å². The highest BCUT2D eigenvalue weighted by Gasteiger charge is 2.30. The van der Waals surface area contributed by atoms with Gasteiger partial charge < -0.3 is 14.9 Å². The molecular weight excluding hydrogens is 317 g/mol. The van der Waals surface area contributed by atoms with Crippen molar-refractivity contribution < 1.29 is 9.50 Å². The topological polar surface area (TPSA) is 30.0 Å². The van der Waals surface area contributed by atoms with E-state index in [1.807, 2.05) is 12.1 Å². The number of rotatable bonds is 5. The van der Waals surface area contributed by atoms with Crippen molar-refractivity contribution in [1.29, 1.82) is 0 Å². The number of hydrogen-bond acceptors (Lipinski definition) is 4. The molecule has 2 heterocycles. The van der Waals surface area contributed by atoms with Crippen LogP contribution in [0.15, 0.2) is 24.3 Å². The molecule has 3 rings (SSSR count). The largest absolute Gasteiger partial charge is 0.396 e. The molecule has 1 N–H and O–H groups in total. The highest BCUT2D eigenvalue weighted by Crippen LogP contribution is 2.24. The van der Waals surface area contributed by atoms with Gasteiger partial charge in [0.05, 0.1) is 0 Å². The summed E-state index contributed by atoms with van der Waals surface area (Å²) in [5.41, 5.74) is 1.10. The van der Waals surface area contributed by atoms with Crippen LogP contribution in [-0.4, -0.2) is 73.4 Å². The number of anilines is 1. The van der Waals surface area contributed by atoms with E-state index in [-0.39, 0.29) is 17.8 Å². The number of hydrogen-bond donors (Lipinski definition) is 1. The lowest BCUT2D eigenvalue weighted by Crippen LogP contribution is -2.56. The molecule has 0 spiro atoms. The lowest BCUT2D eigenvalue weighted by Gasteiger charge is -2.45. The molecule has 0 amide bonds. The second-order valence-electron chi connectivity index (χ2n) is 8.35. The van der Waals surface area contributed by atoms with Gasteiger partial charge in [0.2, 0.25) is 0 Å². The van der Waals surface area contributed by atoms with E-state index >= 15 is 0 Å². The van der Waals surface area contributed by atoms with Gasteiger partial charge in [0.1, 0.15) is 5.82 Å². The molecule has 0 aliphatic carbocycles. The molecule has 0 saturated carbocycles. The Hall–Kier alpha value is -1.17. The highest BCUT2D eigenvalue weighted by molar-refractivity contribution is 5.46. The monoisotopic (exact) mass is 349 g/mol. The van der Waals surface area contributed by atoms with Crippen LogP contribution in [0.25, 0.3) is 0 Å². The first kappa shape index (κ1) is 18.6. The average molecular weight is 349 g/mol. The molecule has 2 saturated heterocycles. The van der Waals surface area contributed by atoms with Gasteiger partial charge in [-0.25, -0.2) is 4.39 Å². The van der Waals surface area contributed by atoms with Gasteiger partial charge in [0.15, 0.2) is 0 Å². The van der Waals surface area contributed by atoms with Crippen molar-refractivity contribution in [3.8, 4) is 0 Å². The van der Waals surface area contributed by atoms with E-state index in [4.69, 9.17) is 0 Å². The molecule has 2 fully saturated rings. The summed E-state index contributed by atoms with van der Waals surface area (Å²) in [6, 6.07) is 7.47. The third kappa shape index (κ3) is 4.93. The van der Waals surface area contributed by atoms with Gasteiger partial charge in [-0.15, -0.1) is 0 Å². The van der Waals surface area contributed by atoms with Crippen molar-refractivity contribution in [1.82, 2.24) is 9.80 Å². The van der Waals surface area contributed by atoms with Crippen molar-refractivity contribution >= 4 is 5.69 Å². The van der Waals surface area contributed by atoms with Crippen LogP contribution in [0, 0.1) is 11.2 Å². The van der Waals surface area contributed by atoms with Gasteiger partial charge in [0, 0.05) is 63.0 Å². The zero-order valence-electron chi connectivity index (χ0n) is 15.6. The third-order valence-electron chi connectivity index (χ3n) is 5.58. The normalized spacial score (nSPS) is 23.8. The molecule has 0 aromatic heterocycles. The summed E-state index contributed by atoms with van der Waals surface area (Å²) in [6.45, 7) is 11.9. The maximum Gasteiger partial charge on any atom is 0.123 e. The summed E-state index contributed by atoms with van der Waals surface area (Å²) in [5.74, 6) is -0.171. The zero-order chi connectivity index (χ0) is 17.9. The lowest BCUT2D eigenvalue weighted by molar-refractivity contribution is 0.0502. The molecule has 1 atom stereocenters. The molecule has 1 unspecified atom stereocenters. The summed E-state index contributed by atoms with van der Waals surface area (Å²) in [7, 11) is 0. The Morgan fingerprint density at radius 3 is 2.40 bits per heavy atom. The molecule has 0 bridgehead atoms. The second kappa shape index (κ2) is 8.02. The van der Waals surface area contributed by atoms with E-state index in [2.05, 4.69) is 28.5 Å². The SMILES string of the molecule is CC(C)(CO)CN1CCCC(N2CCN(c3ccc(F)cc3)CC2)C1. The number of nitrogens with zero attached hydrogens (tertiary/aromatic N) is 3. The predicted octanol–water partition coefficient (Wildman–Crippen LogP) is 2.43. The van der Waals surface area contributed by atoms with Crippen LogP contribution in [-0.2, 0) is 0 Å². The van der Waals surface area contributed by atoms with Crippen LogP contribution in [0.3, 0.4) is 0 Å². The summed E-state index contributed by atoms with van der Waals surface area (Å²) < 4.78 is 13.1. The van der Waals surface area contributed by atoms with Gasteiger partial charge in [-0.2, -0.15) is 0 Å². The van der Waals surface area contributed by atoms with Crippen molar-refractivity contribution in [2.45, 2.75) is 32.7 Å². The fourth-order valence-corrected chi connectivity index (χ4v) is 4.13. The van der Waals surface area contributed by atoms with Gasteiger partial charge in [-0.05, 0) is 43.7 Å². The summed E-state index contributed by atoms with van der Waals surface area (Å²) in [6.07, 6.45) is 2.51. The fraction of sp³-hybridized carbons (Fsp3) is 0.700. The Balaban J connectivity index is 1.51. The van der Waals surface area contributed by atoms with E-state index in [1.165, 1.54) is 12.8 Å². The Labute approximate surface area is 151 Å². The quantitative estimate of drug-likeness (QED) is 0.884. The van der Waals surface area contributed by atoms with Crippen LogP contribution in [0.5, 0.6) is 0 Å². The van der Waals surface area contributed by atoms with E-state index in [0.29, 0.717) is 6.04 Å². The highest BCUT2D eigenvalue weighted by atomic mass is 19.1. The molecule has 140 valence electrons. The van der Waals surface area contributed by atoms with Crippen molar-refractivity contribution in [2.24, 2.45) is 5.41 Å². The minimum Gasteiger partial charge on any atom is -0.396 e. The predicted molar refractivity (Wildman–Crippen MR) is 101 cm³/mol. The summed E-state index contributed by atoms with van der Waals surface area (Å²) >= 11 is 0. The first-order valence-electron chi connectivity index (χ1n) is 9.55. The minimum absolute atomic E-state index is 0.0246. The maximum absolute atomic E-state index is 13.1. The molecule has 2 aliphatic heterocycles. The minimum atomic E-state index is -0.171. The summed E-state index contributed by atoms with van der Waals surface area (Å²) in [4.78, 5) is 7.50. The number of piperidine rings is 1. The Morgan fingerprint density at radius 2 is 1.76 bits per heavy atom. The molecule has 1 aromatic rings. The van der Waals surface area contributed by atoms with Crippen molar-refractivity contribution in [3.05, 3.63) is 30.1 Å². The van der Waals surface area contributed by atoms with Crippen LogP contribution in [0.1, 0.15) is 26.7 Å². The van der Waals surface area contributed by atoms with E-state index in [0.717, 1.165) is 51.5 Å². The van der Waals surface area contributed by atoms with Gasteiger partial charge in [-0.3, -0.25) is 4.90 Å². The average Bonchev–Trinajstić information content (AvgIpc) is 2.62. The van der Waals surface area contributed by atoms with Gasteiger partial charge in [-0.1, -0.05) is 13.8 Å². The molecular formula is C20H32FN3O. The maximum atomic E-state index is 13.1. The van der Waals surface area contributed by atoms with E-state index in [1.54, 1.807) is 12.1 Å². The second-order valence-corrected chi connectivity index (χ2v) is 8.35. The lowest BCUT2D eigenvalue weighted by atomic mass is 9.92. The number of aliphatic hydroxyl groups is 1. The van der Waals surface area contributed by atoms with Crippen LogP contribution >= 0.6 is 0 Å². The number of benzene rings is 1. The third-order valence-corrected chi connectivity index (χ3v) is 5.58. The van der Waals surface area contributed by atoms with Crippen LogP contribution in [0.4, 0.5) is 10.1 Å². The van der Waals surface area contributed by atoms with Crippen molar-refractivity contribution in [2.75, 3.05) is 57.3 Å². The smallest absolute Gasteiger partial charge is 0.123 e. The fourth-order valence-electron chi connectivity index (χ4n) is 4.13. The zero-order valence-corrected chi connectivity index (χ0v) is 15.6. The Kier molecular flexibility index (Phi) is 5.97. The number of likely N-dealkylation sites (tertiary alicyclic amines) is 1. The van der Waals surface area contributed by atoms with E-state index < -0.39 is 0 Å². The number of halogens is 1. The molecule has 4 nitrogen and oxygen atoms in total.